The van der Waals surface area contributed by atoms with Gasteiger partial charge in [0.25, 0.3) is 0 Å². The highest BCUT2D eigenvalue weighted by atomic mass is 35.5. The number of fused-ring (bicyclic) bond motifs is 1. The fraction of sp³-hybridized carbons (Fsp3) is 0.133. The van der Waals surface area contributed by atoms with Gasteiger partial charge in [0.1, 0.15) is 17.2 Å². The molecule has 3 aromatic rings. The van der Waals surface area contributed by atoms with Crippen LogP contribution in [0.1, 0.15) is 5.82 Å². The first-order chi connectivity index (χ1) is 10.1. The van der Waals surface area contributed by atoms with Crippen LogP contribution in [0.2, 0.25) is 5.02 Å². The van der Waals surface area contributed by atoms with Crippen molar-refractivity contribution in [3.8, 4) is 5.69 Å². The molecule has 0 bridgehead atoms. The van der Waals surface area contributed by atoms with Crippen molar-refractivity contribution in [2.24, 2.45) is 0 Å². The second-order valence-electron chi connectivity index (χ2n) is 4.51. The molecule has 108 valence electrons. The molecule has 0 saturated heterocycles. The largest absolute Gasteiger partial charge is 0.295 e. The van der Waals surface area contributed by atoms with Crippen molar-refractivity contribution in [1.29, 1.82) is 0 Å². The zero-order valence-electron chi connectivity index (χ0n) is 10.8. The minimum absolute atomic E-state index is 0.108. The maximum absolute atomic E-state index is 13.9. The molecule has 0 radical (unpaired) electrons. The van der Waals surface area contributed by atoms with Gasteiger partial charge in [-0.15, -0.1) is 11.6 Å². The molecule has 0 N–H and O–H groups in total. The molecule has 1 aromatic heterocycles. The third-order valence-electron chi connectivity index (χ3n) is 3.16. The first-order valence-corrected chi connectivity index (χ1v) is 7.20. The number of imidazole rings is 1. The Hall–Kier alpha value is -1.65. The lowest BCUT2D eigenvalue weighted by atomic mass is 10.2. The monoisotopic (exact) mass is 326 g/mol. The van der Waals surface area contributed by atoms with Crippen molar-refractivity contribution in [3.05, 3.63) is 58.9 Å². The SMILES string of the molecule is Fc1cc(F)c2nc(CCCl)n(-c3ccccc3Cl)c2c1. The van der Waals surface area contributed by atoms with Crippen LogP contribution in [-0.2, 0) is 6.42 Å². The summed E-state index contributed by atoms with van der Waals surface area (Å²) in [5.41, 5.74) is 1.06. The van der Waals surface area contributed by atoms with Gasteiger partial charge in [0, 0.05) is 24.4 Å². The Labute approximate surface area is 129 Å². The van der Waals surface area contributed by atoms with Crippen LogP contribution in [0.3, 0.4) is 0 Å². The minimum atomic E-state index is -0.702. The number of para-hydroxylation sites is 1. The molecule has 0 spiro atoms. The average molecular weight is 327 g/mol. The van der Waals surface area contributed by atoms with Crippen LogP contribution >= 0.6 is 23.2 Å². The van der Waals surface area contributed by atoms with Crippen molar-refractivity contribution >= 4 is 34.2 Å². The standard InChI is InChI=1S/C15H10Cl2F2N2/c16-6-5-14-20-15-11(19)7-9(18)8-13(15)21(14)12-4-2-1-3-10(12)17/h1-4,7-8H,5-6H2. The van der Waals surface area contributed by atoms with Crippen LogP contribution in [0, 0.1) is 11.6 Å². The number of rotatable bonds is 3. The summed E-state index contributed by atoms with van der Waals surface area (Å²) in [5.74, 6) is -0.507. The van der Waals surface area contributed by atoms with Crippen molar-refractivity contribution in [2.45, 2.75) is 6.42 Å². The Kier molecular flexibility index (Phi) is 3.83. The Balaban J connectivity index is 2.38. The molecular weight excluding hydrogens is 317 g/mol. The zero-order valence-corrected chi connectivity index (χ0v) is 12.3. The Bertz CT molecular complexity index is 815. The number of hydrogen-bond acceptors (Lipinski definition) is 1. The quantitative estimate of drug-likeness (QED) is 0.636. The summed E-state index contributed by atoms with van der Waals surface area (Å²) in [5, 5.41) is 0.470. The molecule has 1 heterocycles. The van der Waals surface area contributed by atoms with Gasteiger partial charge in [-0.2, -0.15) is 0 Å². The summed E-state index contributed by atoms with van der Waals surface area (Å²) in [7, 11) is 0. The van der Waals surface area contributed by atoms with E-state index in [1.54, 1.807) is 28.8 Å². The highest BCUT2D eigenvalue weighted by Crippen LogP contribution is 2.29. The maximum Gasteiger partial charge on any atom is 0.153 e. The smallest absolute Gasteiger partial charge is 0.153 e. The topological polar surface area (TPSA) is 17.8 Å². The molecule has 0 aliphatic carbocycles. The lowest BCUT2D eigenvalue weighted by Gasteiger charge is -2.10. The fourth-order valence-corrected chi connectivity index (χ4v) is 2.70. The Morgan fingerprint density at radius 3 is 2.62 bits per heavy atom. The first kappa shape index (κ1) is 14.3. The summed E-state index contributed by atoms with van der Waals surface area (Å²) in [6.45, 7) is 0. The summed E-state index contributed by atoms with van der Waals surface area (Å²) in [4.78, 5) is 4.24. The predicted octanol–water partition coefficient (Wildman–Crippen LogP) is 4.74. The van der Waals surface area contributed by atoms with Crippen molar-refractivity contribution in [1.82, 2.24) is 9.55 Å². The molecule has 3 rings (SSSR count). The van der Waals surface area contributed by atoms with Gasteiger partial charge in [-0.25, -0.2) is 13.8 Å². The van der Waals surface area contributed by atoms with Crippen molar-refractivity contribution < 1.29 is 8.78 Å². The van der Waals surface area contributed by atoms with Gasteiger partial charge >= 0.3 is 0 Å². The molecule has 0 aliphatic heterocycles. The highest BCUT2D eigenvalue weighted by molar-refractivity contribution is 6.32. The van der Waals surface area contributed by atoms with Crippen LogP contribution in [0.4, 0.5) is 8.78 Å². The molecule has 0 aliphatic rings. The van der Waals surface area contributed by atoms with E-state index in [1.807, 2.05) is 0 Å². The van der Waals surface area contributed by atoms with Gasteiger partial charge in [-0.05, 0) is 12.1 Å². The van der Waals surface area contributed by atoms with Gasteiger partial charge in [0.2, 0.25) is 0 Å². The van der Waals surface area contributed by atoms with Crippen molar-refractivity contribution in [2.75, 3.05) is 5.88 Å². The number of aromatic nitrogens is 2. The summed E-state index contributed by atoms with van der Waals surface area (Å²) in [6.07, 6.45) is 0.419. The fourth-order valence-electron chi connectivity index (χ4n) is 2.31. The van der Waals surface area contributed by atoms with Gasteiger partial charge in [0.05, 0.1) is 16.2 Å². The Morgan fingerprint density at radius 2 is 1.90 bits per heavy atom. The van der Waals surface area contributed by atoms with E-state index in [-0.39, 0.29) is 5.52 Å². The molecule has 2 nitrogen and oxygen atoms in total. The van der Waals surface area contributed by atoms with Crippen LogP contribution in [-0.4, -0.2) is 15.4 Å². The molecule has 0 saturated carbocycles. The summed E-state index contributed by atoms with van der Waals surface area (Å²) < 4.78 is 29.1. The lowest BCUT2D eigenvalue weighted by molar-refractivity contribution is 0.590. The number of benzene rings is 2. The molecule has 21 heavy (non-hydrogen) atoms. The number of nitrogens with zero attached hydrogens (tertiary/aromatic N) is 2. The molecule has 2 aromatic carbocycles. The number of aryl methyl sites for hydroxylation is 1. The normalized spacial score (nSPS) is 11.2. The maximum atomic E-state index is 13.9. The minimum Gasteiger partial charge on any atom is -0.295 e. The van der Waals surface area contributed by atoms with Gasteiger partial charge < -0.3 is 0 Å². The van der Waals surface area contributed by atoms with Crippen molar-refractivity contribution in [3.63, 3.8) is 0 Å². The van der Waals surface area contributed by atoms with E-state index in [1.165, 1.54) is 6.07 Å². The predicted molar refractivity (Wildman–Crippen MR) is 80.4 cm³/mol. The summed E-state index contributed by atoms with van der Waals surface area (Å²) in [6, 6.07) is 9.12. The Morgan fingerprint density at radius 1 is 1.14 bits per heavy atom. The third-order valence-corrected chi connectivity index (χ3v) is 3.67. The highest BCUT2D eigenvalue weighted by Gasteiger charge is 2.17. The second kappa shape index (κ2) is 5.62. The van der Waals surface area contributed by atoms with Crippen LogP contribution in [0.5, 0.6) is 0 Å². The third kappa shape index (κ3) is 2.49. The summed E-state index contributed by atoms with van der Waals surface area (Å²) >= 11 is 12.0. The number of alkyl halides is 1. The van der Waals surface area contributed by atoms with Gasteiger partial charge in [-0.1, -0.05) is 23.7 Å². The lowest BCUT2D eigenvalue weighted by Crippen LogP contribution is -2.03. The van der Waals surface area contributed by atoms with Crippen LogP contribution in [0.15, 0.2) is 36.4 Å². The van der Waals surface area contributed by atoms with Crippen LogP contribution < -0.4 is 0 Å². The molecule has 6 heteroatoms. The van der Waals surface area contributed by atoms with E-state index >= 15 is 0 Å². The van der Waals surface area contributed by atoms with Crippen LogP contribution in [0.25, 0.3) is 16.7 Å². The molecule has 0 atom stereocenters. The van der Waals surface area contributed by atoms with Gasteiger partial charge in [-0.3, -0.25) is 4.57 Å². The van der Waals surface area contributed by atoms with E-state index in [4.69, 9.17) is 23.2 Å². The first-order valence-electron chi connectivity index (χ1n) is 6.29. The van der Waals surface area contributed by atoms with E-state index < -0.39 is 11.6 Å². The van der Waals surface area contributed by atoms with E-state index in [2.05, 4.69) is 4.98 Å². The van der Waals surface area contributed by atoms with Gasteiger partial charge in [0.15, 0.2) is 5.82 Å². The molecule has 0 amide bonds. The average Bonchev–Trinajstić information content (AvgIpc) is 2.78. The zero-order chi connectivity index (χ0) is 15.0. The second-order valence-corrected chi connectivity index (χ2v) is 5.29. The van der Waals surface area contributed by atoms with E-state index in [9.17, 15) is 8.78 Å². The molecule has 0 fully saturated rings. The number of hydrogen-bond donors (Lipinski definition) is 0. The number of halogens is 4. The van der Waals surface area contributed by atoms with E-state index in [0.29, 0.717) is 34.4 Å². The molecular formula is C15H10Cl2F2N2. The van der Waals surface area contributed by atoms with E-state index in [0.717, 1.165) is 6.07 Å². The molecule has 0 unspecified atom stereocenters.